The summed E-state index contributed by atoms with van der Waals surface area (Å²) in [5.74, 6) is -0.316. The molecule has 0 amide bonds. The van der Waals surface area contributed by atoms with Gasteiger partial charge in [-0.15, -0.1) is 0 Å². The van der Waals surface area contributed by atoms with Crippen molar-refractivity contribution in [3.8, 4) is 28.0 Å². The van der Waals surface area contributed by atoms with Crippen LogP contribution in [0.25, 0.3) is 22.3 Å². The Labute approximate surface area is 157 Å². The average Bonchev–Trinajstić information content (AvgIpc) is 2.70. The van der Waals surface area contributed by atoms with Crippen molar-refractivity contribution in [2.45, 2.75) is 19.8 Å². The van der Waals surface area contributed by atoms with E-state index in [1.807, 2.05) is 37.3 Å². The molecule has 0 radical (unpaired) electrons. The molecule has 0 aliphatic carbocycles. The normalized spacial score (nSPS) is 11.6. The van der Waals surface area contributed by atoms with E-state index in [1.165, 1.54) is 12.1 Å². The van der Waals surface area contributed by atoms with E-state index in [0.717, 1.165) is 12.0 Å². The number of amidine groups is 1. The van der Waals surface area contributed by atoms with Crippen LogP contribution in [0.3, 0.4) is 0 Å². The molecule has 5 heteroatoms. The van der Waals surface area contributed by atoms with Crippen LogP contribution in [0.5, 0.6) is 5.75 Å². The van der Waals surface area contributed by atoms with Crippen molar-refractivity contribution < 1.29 is 14.7 Å². The molecule has 0 aromatic heterocycles. The van der Waals surface area contributed by atoms with Crippen LogP contribution >= 0.6 is 0 Å². The molecule has 0 aliphatic heterocycles. The second-order valence-electron chi connectivity index (χ2n) is 6.30. The van der Waals surface area contributed by atoms with Crippen LogP contribution in [0, 0.1) is 5.82 Å². The van der Waals surface area contributed by atoms with Crippen molar-refractivity contribution >= 4 is 5.84 Å². The van der Waals surface area contributed by atoms with E-state index in [0.29, 0.717) is 34.2 Å². The Bertz CT molecular complexity index is 968. The first-order valence-electron chi connectivity index (χ1n) is 8.74. The predicted molar refractivity (Wildman–Crippen MR) is 105 cm³/mol. The molecule has 0 heterocycles. The van der Waals surface area contributed by atoms with E-state index in [2.05, 4.69) is 5.16 Å². The summed E-state index contributed by atoms with van der Waals surface area (Å²) in [6, 6.07) is 17.3. The Morgan fingerprint density at radius 1 is 1.00 bits per heavy atom. The Kier molecular flexibility index (Phi) is 5.41. The second kappa shape index (κ2) is 7.91. The summed E-state index contributed by atoms with van der Waals surface area (Å²) in [7, 11) is 0. The van der Waals surface area contributed by atoms with Crippen molar-refractivity contribution in [1.29, 1.82) is 0 Å². The number of benzene rings is 3. The van der Waals surface area contributed by atoms with Gasteiger partial charge in [0.05, 0.1) is 0 Å². The van der Waals surface area contributed by atoms with Crippen molar-refractivity contribution in [3.05, 3.63) is 77.6 Å². The van der Waals surface area contributed by atoms with E-state index in [9.17, 15) is 10.3 Å². The molecule has 138 valence electrons. The highest BCUT2D eigenvalue weighted by Crippen LogP contribution is 2.39. The maximum absolute atomic E-state index is 15.5. The van der Waals surface area contributed by atoms with E-state index in [1.54, 1.807) is 18.2 Å². The number of aromatic hydroxyl groups is 1. The van der Waals surface area contributed by atoms with E-state index < -0.39 is 0 Å². The molecular weight excluding hydrogens is 343 g/mol. The van der Waals surface area contributed by atoms with Crippen LogP contribution in [-0.4, -0.2) is 16.1 Å². The van der Waals surface area contributed by atoms with Gasteiger partial charge in [-0.3, -0.25) is 0 Å². The zero-order valence-electron chi connectivity index (χ0n) is 15.0. The number of oxime groups is 1. The first kappa shape index (κ1) is 18.5. The number of halogens is 1. The fraction of sp³-hybridized carbons (Fsp3) is 0.136. The lowest BCUT2D eigenvalue weighted by molar-refractivity contribution is 0.318. The topological polar surface area (TPSA) is 78.8 Å². The maximum atomic E-state index is 15.5. The van der Waals surface area contributed by atoms with Crippen LogP contribution in [0.15, 0.2) is 65.8 Å². The van der Waals surface area contributed by atoms with Gasteiger partial charge in [-0.05, 0) is 41.3 Å². The van der Waals surface area contributed by atoms with Gasteiger partial charge in [0, 0.05) is 16.7 Å². The molecule has 4 N–H and O–H groups in total. The van der Waals surface area contributed by atoms with E-state index in [-0.39, 0.29) is 17.4 Å². The standard InChI is InChI=1S/C22H21FN2O2/c1-2-6-16-13-18(22(24)25-27)19(14-7-4-3-5-8-14)20(21(16)23)15-9-11-17(26)12-10-15/h3-5,7-13,26-27H,2,6H2,1H3,(H2,24,25). The molecule has 0 fully saturated rings. The predicted octanol–water partition coefficient (Wildman–Crippen LogP) is 4.91. The first-order chi connectivity index (χ1) is 13.1. The molecule has 0 saturated heterocycles. The largest absolute Gasteiger partial charge is 0.508 e. The summed E-state index contributed by atoms with van der Waals surface area (Å²) < 4.78 is 15.5. The Balaban J connectivity index is 2.43. The van der Waals surface area contributed by atoms with Crippen molar-refractivity contribution in [3.63, 3.8) is 0 Å². The zero-order chi connectivity index (χ0) is 19.4. The van der Waals surface area contributed by atoms with Gasteiger partial charge in [-0.25, -0.2) is 4.39 Å². The minimum absolute atomic E-state index is 0.0776. The summed E-state index contributed by atoms with van der Waals surface area (Å²) in [4.78, 5) is 0. The number of hydrogen-bond donors (Lipinski definition) is 3. The quantitative estimate of drug-likeness (QED) is 0.260. The molecule has 0 bridgehead atoms. The third kappa shape index (κ3) is 3.62. The van der Waals surface area contributed by atoms with Gasteiger partial charge in [-0.1, -0.05) is 61.0 Å². The number of nitrogens with two attached hydrogens (primary N) is 1. The molecule has 0 spiro atoms. The monoisotopic (exact) mass is 364 g/mol. The van der Waals surface area contributed by atoms with Crippen LogP contribution < -0.4 is 5.73 Å². The van der Waals surface area contributed by atoms with Gasteiger partial charge in [-0.2, -0.15) is 0 Å². The summed E-state index contributed by atoms with van der Waals surface area (Å²) in [5.41, 5.74) is 9.21. The third-order valence-corrected chi connectivity index (χ3v) is 4.46. The Hall–Kier alpha value is -3.34. The highest BCUT2D eigenvalue weighted by atomic mass is 19.1. The molecule has 0 saturated carbocycles. The number of phenols is 1. The fourth-order valence-corrected chi connectivity index (χ4v) is 3.23. The van der Waals surface area contributed by atoms with E-state index >= 15 is 4.39 Å². The van der Waals surface area contributed by atoms with Crippen LogP contribution in [0.2, 0.25) is 0 Å². The molecule has 4 nitrogen and oxygen atoms in total. The first-order valence-corrected chi connectivity index (χ1v) is 8.74. The number of aryl methyl sites for hydroxylation is 1. The maximum Gasteiger partial charge on any atom is 0.170 e. The minimum atomic E-state index is -0.337. The number of nitrogens with zero attached hydrogens (tertiary/aromatic N) is 1. The van der Waals surface area contributed by atoms with Crippen LogP contribution in [-0.2, 0) is 6.42 Å². The van der Waals surface area contributed by atoms with Gasteiger partial charge in [0.15, 0.2) is 5.84 Å². The molecule has 0 aliphatic rings. The highest BCUT2D eigenvalue weighted by Gasteiger charge is 2.22. The lowest BCUT2D eigenvalue weighted by atomic mass is 9.86. The smallest absolute Gasteiger partial charge is 0.170 e. The summed E-state index contributed by atoms with van der Waals surface area (Å²) in [6.07, 6.45) is 1.28. The van der Waals surface area contributed by atoms with Gasteiger partial charge in [0.1, 0.15) is 11.6 Å². The molecular formula is C22H21FN2O2. The Morgan fingerprint density at radius 3 is 2.22 bits per heavy atom. The SMILES string of the molecule is CCCc1cc(/C(N)=N/O)c(-c2ccccc2)c(-c2ccc(O)cc2)c1F. The van der Waals surface area contributed by atoms with Gasteiger partial charge in [0.2, 0.25) is 0 Å². The van der Waals surface area contributed by atoms with Crippen molar-refractivity contribution in [2.24, 2.45) is 10.9 Å². The minimum Gasteiger partial charge on any atom is -0.508 e. The summed E-state index contributed by atoms with van der Waals surface area (Å²) in [5, 5.41) is 22.1. The second-order valence-corrected chi connectivity index (χ2v) is 6.30. The Morgan fingerprint density at radius 2 is 1.63 bits per heavy atom. The van der Waals surface area contributed by atoms with Gasteiger partial charge >= 0.3 is 0 Å². The van der Waals surface area contributed by atoms with Gasteiger partial charge < -0.3 is 16.0 Å². The third-order valence-electron chi connectivity index (χ3n) is 4.46. The lowest BCUT2D eigenvalue weighted by Gasteiger charge is -2.19. The van der Waals surface area contributed by atoms with Gasteiger partial charge in [0.25, 0.3) is 0 Å². The molecule has 0 unspecified atom stereocenters. The summed E-state index contributed by atoms with van der Waals surface area (Å²) >= 11 is 0. The molecule has 3 aromatic carbocycles. The molecule has 27 heavy (non-hydrogen) atoms. The van der Waals surface area contributed by atoms with E-state index in [4.69, 9.17) is 5.73 Å². The summed E-state index contributed by atoms with van der Waals surface area (Å²) in [6.45, 7) is 1.97. The van der Waals surface area contributed by atoms with Crippen LogP contribution in [0.4, 0.5) is 4.39 Å². The highest BCUT2D eigenvalue weighted by molar-refractivity contribution is 6.07. The molecule has 0 atom stereocenters. The number of hydrogen-bond acceptors (Lipinski definition) is 3. The average molecular weight is 364 g/mol. The fourth-order valence-electron chi connectivity index (χ4n) is 3.23. The van der Waals surface area contributed by atoms with Crippen molar-refractivity contribution in [2.75, 3.05) is 0 Å². The molecule has 3 rings (SSSR count). The number of rotatable bonds is 5. The van der Waals surface area contributed by atoms with Crippen LogP contribution in [0.1, 0.15) is 24.5 Å². The molecule has 3 aromatic rings. The lowest BCUT2D eigenvalue weighted by Crippen LogP contribution is -2.16. The number of phenolic OH excluding ortho intramolecular Hbond substituents is 1. The van der Waals surface area contributed by atoms with Crippen molar-refractivity contribution in [1.82, 2.24) is 0 Å². The zero-order valence-corrected chi connectivity index (χ0v) is 15.0.